The molecule has 24 heavy (non-hydrogen) atoms. The van der Waals surface area contributed by atoms with E-state index in [1.165, 1.54) is 16.8 Å². The van der Waals surface area contributed by atoms with Crippen LogP contribution in [0.3, 0.4) is 0 Å². The lowest BCUT2D eigenvalue weighted by molar-refractivity contribution is 0.880. The molecule has 0 bridgehead atoms. The molecule has 1 aliphatic rings. The molecular weight excluding hydrogens is 294 g/mol. The van der Waals surface area contributed by atoms with Crippen molar-refractivity contribution in [2.45, 2.75) is 33.2 Å². The number of hydrogen-bond donors (Lipinski definition) is 3. The van der Waals surface area contributed by atoms with E-state index in [0.29, 0.717) is 6.54 Å². The standard InChI is InChI=1S/C19H21N3.C2H6/c1-13-7-9-16-10-8-15(11-19(16)22-13)12-21-14(2)17-5-3-4-6-18(17)20;1-2/h3-6,8,10-11,21-22H,1-2,7,9,12,20H2;1-2H3. The Bertz CT molecular complexity index is 732. The van der Waals surface area contributed by atoms with E-state index in [4.69, 9.17) is 5.73 Å². The molecule has 126 valence electrons. The third kappa shape index (κ3) is 4.19. The maximum Gasteiger partial charge on any atom is 0.0417 e. The van der Waals surface area contributed by atoms with Crippen LogP contribution >= 0.6 is 0 Å². The first kappa shape index (κ1) is 17.7. The van der Waals surface area contributed by atoms with Gasteiger partial charge in [-0.3, -0.25) is 0 Å². The zero-order chi connectivity index (χ0) is 17.5. The maximum atomic E-state index is 5.98. The van der Waals surface area contributed by atoms with Gasteiger partial charge >= 0.3 is 0 Å². The highest BCUT2D eigenvalue weighted by molar-refractivity contribution is 5.72. The number of aryl methyl sites for hydroxylation is 1. The fraction of sp³-hybridized carbons (Fsp3) is 0.238. The van der Waals surface area contributed by atoms with Crippen molar-refractivity contribution in [1.82, 2.24) is 5.32 Å². The maximum absolute atomic E-state index is 5.98. The molecule has 1 aliphatic heterocycles. The van der Waals surface area contributed by atoms with Gasteiger partial charge in [0.1, 0.15) is 0 Å². The molecular formula is C21H27N3. The van der Waals surface area contributed by atoms with Crippen LogP contribution in [-0.4, -0.2) is 0 Å². The third-order valence-electron chi connectivity index (χ3n) is 3.97. The van der Waals surface area contributed by atoms with Crippen molar-refractivity contribution in [1.29, 1.82) is 0 Å². The first-order valence-electron chi connectivity index (χ1n) is 8.48. The van der Waals surface area contributed by atoms with E-state index in [-0.39, 0.29) is 0 Å². The van der Waals surface area contributed by atoms with Crippen LogP contribution in [0, 0.1) is 0 Å². The first-order chi connectivity index (χ1) is 11.6. The molecule has 0 radical (unpaired) electrons. The SMILES string of the molecule is C=C1CCc2ccc(CNC(=C)c3ccccc3N)cc2N1.CC. The van der Waals surface area contributed by atoms with Crippen LogP contribution in [-0.2, 0) is 13.0 Å². The average Bonchev–Trinajstić information content (AvgIpc) is 2.61. The third-order valence-corrected chi connectivity index (χ3v) is 3.97. The van der Waals surface area contributed by atoms with Crippen LogP contribution in [0.2, 0.25) is 0 Å². The lowest BCUT2D eigenvalue weighted by Gasteiger charge is -2.21. The number of allylic oxidation sites excluding steroid dienone is 1. The summed E-state index contributed by atoms with van der Waals surface area (Å²) in [6, 6.07) is 14.3. The van der Waals surface area contributed by atoms with Gasteiger partial charge in [0.2, 0.25) is 0 Å². The summed E-state index contributed by atoms with van der Waals surface area (Å²) < 4.78 is 0. The van der Waals surface area contributed by atoms with Crippen LogP contribution in [0.5, 0.6) is 0 Å². The van der Waals surface area contributed by atoms with E-state index in [1.54, 1.807) is 0 Å². The van der Waals surface area contributed by atoms with E-state index in [9.17, 15) is 0 Å². The van der Waals surface area contributed by atoms with Gasteiger partial charge in [-0.1, -0.05) is 57.3 Å². The molecule has 0 saturated carbocycles. The molecule has 0 unspecified atom stereocenters. The van der Waals surface area contributed by atoms with Crippen molar-refractivity contribution >= 4 is 17.1 Å². The van der Waals surface area contributed by atoms with E-state index in [0.717, 1.165) is 35.5 Å². The zero-order valence-electron chi connectivity index (χ0n) is 14.7. The van der Waals surface area contributed by atoms with Crippen LogP contribution in [0.1, 0.15) is 37.0 Å². The molecule has 0 saturated heterocycles. The van der Waals surface area contributed by atoms with E-state index >= 15 is 0 Å². The van der Waals surface area contributed by atoms with Crippen LogP contribution in [0.15, 0.2) is 61.3 Å². The zero-order valence-corrected chi connectivity index (χ0v) is 14.7. The molecule has 0 amide bonds. The van der Waals surface area contributed by atoms with Crippen molar-refractivity contribution in [3.05, 3.63) is 78.0 Å². The van der Waals surface area contributed by atoms with Gasteiger partial charge in [0.15, 0.2) is 0 Å². The van der Waals surface area contributed by atoms with Gasteiger partial charge in [-0.05, 0) is 36.1 Å². The second-order valence-electron chi connectivity index (χ2n) is 5.64. The molecule has 0 atom stereocenters. The Morgan fingerprint density at radius 2 is 1.92 bits per heavy atom. The molecule has 3 nitrogen and oxygen atoms in total. The van der Waals surface area contributed by atoms with Gasteiger partial charge < -0.3 is 16.4 Å². The van der Waals surface area contributed by atoms with Gasteiger partial charge in [0.05, 0.1) is 0 Å². The normalized spacial score (nSPS) is 12.3. The molecule has 3 rings (SSSR count). The topological polar surface area (TPSA) is 50.1 Å². The number of para-hydroxylation sites is 1. The Morgan fingerprint density at radius 3 is 2.67 bits per heavy atom. The molecule has 3 heteroatoms. The predicted octanol–water partition coefficient (Wildman–Crippen LogP) is 4.93. The highest BCUT2D eigenvalue weighted by Crippen LogP contribution is 2.27. The fourth-order valence-corrected chi connectivity index (χ4v) is 2.68. The van der Waals surface area contributed by atoms with E-state index in [2.05, 4.69) is 42.0 Å². The van der Waals surface area contributed by atoms with Crippen LogP contribution in [0.25, 0.3) is 5.70 Å². The minimum absolute atomic E-state index is 0.717. The van der Waals surface area contributed by atoms with Crippen molar-refractivity contribution in [2.75, 3.05) is 11.1 Å². The van der Waals surface area contributed by atoms with Crippen molar-refractivity contribution < 1.29 is 0 Å². The lowest BCUT2D eigenvalue weighted by atomic mass is 9.99. The first-order valence-corrected chi connectivity index (χ1v) is 8.48. The van der Waals surface area contributed by atoms with Gasteiger partial charge in [-0.15, -0.1) is 0 Å². The largest absolute Gasteiger partial charge is 0.398 e. The number of nitrogens with one attached hydrogen (secondary N) is 2. The molecule has 0 aliphatic carbocycles. The summed E-state index contributed by atoms with van der Waals surface area (Å²) in [6.45, 7) is 12.8. The molecule has 1 heterocycles. The number of nitrogen functional groups attached to an aromatic ring is 1. The summed E-state index contributed by atoms with van der Waals surface area (Å²) >= 11 is 0. The Hall–Kier alpha value is -2.68. The summed E-state index contributed by atoms with van der Waals surface area (Å²) in [4.78, 5) is 0. The Labute approximate surface area is 145 Å². The van der Waals surface area contributed by atoms with Crippen LogP contribution in [0.4, 0.5) is 11.4 Å². The molecule has 0 spiro atoms. The van der Waals surface area contributed by atoms with Crippen LogP contribution < -0.4 is 16.4 Å². The second-order valence-corrected chi connectivity index (χ2v) is 5.64. The lowest BCUT2D eigenvalue weighted by Crippen LogP contribution is -2.14. The number of anilines is 2. The van der Waals surface area contributed by atoms with E-state index in [1.807, 2.05) is 38.1 Å². The number of fused-ring (bicyclic) bond motifs is 1. The number of benzene rings is 2. The number of rotatable bonds is 4. The van der Waals surface area contributed by atoms with E-state index < -0.39 is 0 Å². The molecule has 2 aromatic carbocycles. The quantitative estimate of drug-likeness (QED) is 0.700. The number of nitrogens with two attached hydrogens (primary N) is 1. The van der Waals surface area contributed by atoms with Gasteiger partial charge in [-0.25, -0.2) is 0 Å². The highest BCUT2D eigenvalue weighted by atomic mass is 14.9. The summed E-state index contributed by atoms with van der Waals surface area (Å²) in [7, 11) is 0. The predicted molar refractivity (Wildman–Crippen MR) is 106 cm³/mol. The molecule has 0 fully saturated rings. The fourth-order valence-electron chi connectivity index (χ4n) is 2.68. The average molecular weight is 321 g/mol. The van der Waals surface area contributed by atoms with Gasteiger partial charge in [-0.2, -0.15) is 0 Å². The molecule has 2 aromatic rings. The highest BCUT2D eigenvalue weighted by Gasteiger charge is 2.11. The minimum Gasteiger partial charge on any atom is -0.398 e. The van der Waals surface area contributed by atoms with Crippen molar-refractivity contribution in [2.24, 2.45) is 0 Å². The summed E-state index contributed by atoms with van der Waals surface area (Å²) in [5, 5.41) is 6.71. The summed E-state index contributed by atoms with van der Waals surface area (Å²) in [5.41, 5.74) is 13.3. The Balaban J connectivity index is 0.00000100. The molecule has 4 N–H and O–H groups in total. The summed E-state index contributed by atoms with van der Waals surface area (Å²) in [6.07, 6.45) is 2.07. The summed E-state index contributed by atoms with van der Waals surface area (Å²) in [5.74, 6) is 0. The van der Waals surface area contributed by atoms with Crippen molar-refractivity contribution in [3.63, 3.8) is 0 Å². The minimum atomic E-state index is 0.717. The van der Waals surface area contributed by atoms with Crippen molar-refractivity contribution in [3.8, 4) is 0 Å². The monoisotopic (exact) mass is 321 g/mol. The second kappa shape index (κ2) is 8.25. The van der Waals surface area contributed by atoms with Gasteiger partial charge in [0, 0.05) is 34.9 Å². The smallest absolute Gasteiger partial charge is 0.0417 e. The Morgan fingerprint density at radius 1 is 1.17 bits per heavy atom. The molecule has 0 aromatic heterocycles. The number of hydrogen-bond acceptors (Lipinski definition) is 3. The van der Waals surface area contributed by atoms with Gasteiger partial charge in [0.25, 0.3) is 0 Å². The Kier molecular flexibility index (Phi) is 6.07.